The Morgan fingerprint density at radius 1 is 1.43 bits per heavy atom. The highest BCUT2D eigenvalue weighted by Gasteiger charge is 2.28. The van der Waals surface area contributed by atoms with E-state index in [0.717, 1.165) is 43.4 Å². The highest BCUT2D eigenvalue weighted by molar-refractivity contribution is 6.03. The molecule has 0 aliphatic heterocycles. The molecule has 0 spiro atoms. The van der Waals surface area contributed by atoms with Crippen LogP contribution in [0.5, 0.6) is 5.75 Å². The Hall–Kier alpha value is -3.16. The van der Waals surface area contributed by atoms with E-state index in [0.29, 0.717) is 35.2 Å². The number of hydrogen-bond acceptors (Lipinski definition) is 5. The fourth-order valence-corrected chi connectivity index (χ4v) is 4.06. The Balaban J connectivity index is 1.46. The highest BCUT2D eigenvalue weighted by atomic mass is 19.1. The molecule has 0 fully saturated rings. The van der Waals surface area contributed by atoms with Crippen molar-refractivity contribution in [3.63, 3.8) is 0 Å². The van der Waals surface area contributed by atoms with Gasteiger partial charge in [0.05, 0.1) is 25.5 Å². The van der Waals surface area contributed by atoms with Gasteiger partial charge in [0.25, 0.3) is 5.91 Å². The normalized spacial score (nSPS) is 15.6. The molecular formula is C22H25FN4O3. The Bertz CT molecular complexity index is 1040. The van der Waals surface area contributed by atoms with Crippen LogP contribution in [0.4, 0.5) is 10.1 Å². The third-order valence-corrected chi connectivity index (χ3v) is 5.52. The zero-order chi connectivity index (χ0) is 21.1. The molecule has 0 bridgehead atoms. The predicted molar refractivity (Wildman–Crippen MR) is 109 cm³/mol. The summed E-state index contributed by atoms with van der Waals surface area (Å²) in [4.78, 5) is 12.8. The van der Waals surface area contributed by atoms with Crippen LogP contribution in [-0.4, -0.2) is 28.0 Å². The second kappa shape index (κ2) is 8.69. The molecule has 1 unspecified atom stereocenters. The summed E-state index contributed by atoms with van der Waals surface area (Å²) in [5.74, 6) is 1.32. The topological polar surface area (TPSA) is 82.2 Å². The van der Waals surface area contributed by atoms with E-state index in [1.54, 1.807) is 23.1 Å². The molecule has 30 heavy (non-hydrogen) atoms. The number of fused-ring (bicyclic) bond motifs is 1. The van der Waals surface area contributed by atoms with Crippen LogP contribution in [0.3, 0.4) is 0 Å². The number of aryl methyl sites for hydroxylation is 1. The van der Waals surface area contributed by atoms with Crippen molar-refractivity contribution in [1.29, 1.82) is 0 Å². The number of anilines is 1. The van der Waals surface area contributed by atoms with E-state index in [9.17, 15) is 9.18 Å². The average Bonchev–Trinajstić information content (AvgIpc) is 3.35. The van der Waals surface area contributed by atoms with Crippen molar-refractivity contribution in [1.82, 2.24) is 14.9 Å². The molecule has 158 valence electrons. The van der Waals surface area contributed by atoms with Crippen LogP contribution in [0.15, 0.2) is 35.1 Å². The second-order valence-corrected chi connectivity index (χ2v) is 7.67. The number of aromatic nitrogens is 3. The van der Waals surface area contributed by atoms with Crippen molar-refractivity contribution >= 4 is 11.6 Å². The van der Waals surface area contributed by atoms with E-state index in [1.807, 2.05) is 0 Å². The molecule has 1 atom stereocenters. The molecule has 4 rings (SSSR count). The largest absolute Gasteiger partial charge is 0.496 e. The summed E-state index contributed by atoms with van der Waals surface area (Å²) in [5.41, 5.74) is 2.47. The van der Waals surface area contributed by atoms with E-state index in [4.69, 9.17) is 9.26 Å². The molecule has 3 aromatic rings. The minimum atomic E-state index is -0.344. The molecule has 1 amide bonds. The van der Waals surface area contributed by atoms with Crippen molar-refractivity contribution in [3.8, 4) is 5.75 Å². The molecule has 1 aromatic carbocycles. The van der Waals surface area contributed by atoms with Gasteiger partial charge >= 0.3 is 0 Å². The molecular weight excluding hydrogens is 387 g/mol. The first-order chi connectivity index (χ1) is 14.6. The van der Waals surface area contributed by atoms with Gasteiger partial charge in [-0.1, -0.05) is 24.9 Å². The van der Waals surface area contributed by atoms with E-state index in [2.05, 4.69) is 22.5 Å². The van der Waals surface area contributed by atoms with E-state index < -0.39 is 0 Å². The first-order valence-corrected chi connectivity index (χ1v) is 10.2. The number of benzene rings is 1. The summed E-state index contributed by atoms with van der Waals surface area (Å²) in [6, 6.07) is 4.34. The van der Waals surface area contributed by atoms with E-state index >= 15 is 0 Å². The lowest BCUT2D eigenvalue weighted by Gasteiger charge is -2.20. The van der Waals surface area contributed by atoms with Crippen LogP contribution in [0, 0.1) is 11.7 Å². The summed E-state index contributed by atoms with van der Waals surface area (Å²) >= 11 is 0. The van der Waals surface area contributed by atoms with Gasteiger partial charge in [0, 0.05) is 23.7 Å². The lowest BCUT2D eigenvalue weighted by molar-refractivity contribution is 0.101. The molecule has 8 heteroatoms. The number of ether oxygens (including phenoxy) is 1. The fraction of sp³-hybridized carbons (Fsp3) is 0.409. The zero-order valence-corrected chi connectivity index (χ0v) is 17.2. The number of carbonyl (C=O) groups is 1. The third kappa shape index (κ3) is 4.22. The van der Waals surface area contributed by atoms with Crippen LogP contribution in [-0.2, 0) is 19.4 Å². The van der Waals surface area contributed by atoms with Gasteiger partial charge in [-0.15, -0.1) is 0 Å². The van der Waals surface area contributed by atoms with Gasteiger partial charge in [0.1, 0.15) is 17.3 Å². The Kier molecular flexibility index (Phi) is 5.83. The SMILES string of the molecule is CCCC1CCc2onc(C(=O)Nc3cnn(Cc4cc(F)ccc4OC)c3)c2C1. The summed E-state index contributed by atoms with van der Waals surface area (Å²) in [5, 5.41) is 11.1. The maximum absolute atomic E-state index is 13.6. The molecule has 0 saturated heterocycles. The van der Waals surface area contributed by atoms with Gasteiger partial charge in [0.15, 0.2) is 5.69 Å². The molecule has 0 saturated carbocycles. The number of nitrogens with one attached hydrogen (secondary N) is 1. The molecule has 2 heterocycles. The van der Waals surface area contributed by atoms with E-state index in [-0.39, 0.29) is 11.7 Å². The van der Waals surface area contributed by atoms with Crippen molar-refractivity contribution in [2.45, 2.75) is 45.6 Å². The number of carbonyl (C=O) groups excluding carboxylic acids is 1. The van der Waals surface area contributed by atoms with Gasteiger partial charge in [-0.25, -0.2) is 4.39 Å². The standard InChI is InChI=1S/C22H25FN4O3/c1-3-4-14-5-7-20-18(9-14)21(26-30-20)22(28)25-17-11-24-27(13-17)12-15-10-16(23)6-8-19(15)29-2/h6,8,10-11,13-14H,3-5,7,9,12H2,1-2H3,(H,25,28). The predicted octanol–water partition coefficient (Wildman–Crippen LogP) is 4.22. The number of halogens is 1. The van der Waals surface area contributed by atoms with Crippen molar-refractivity contribution in [3.05, 3.63) is 59.0 Å². The van der Waals surface area contributed by atoms with Crippen LogP contribution in [0.25, 0.3) is 0 Å². The number of amides is 1. The summed E-state index contributed by atoms with van der Waals surface area (Å²) in [6.45, 7) is 2.49. The van der Waals surface area contributed by atoms with Crippen LogP contribution in [0.1, 0.15) is 53.6 Å². The lowest BCUT2D eigenvalue weighted by Crippen LogP contribution is -2.18. The Morgan fingerprint density at radius 2 is 2.30 bits per heavy atom. The first kappa shape index (κ1) is 20.1. The fourth-order valence-electron chi connectivity index (χ4n) is 4.06. The van der Waals surface area contributed by atoms with Crippen molar-refractivity contribution in [2.24, 2.45) is 5.92 Å². The lowest BCUT2D eigenvalue weighted by atomic mass is 9.84. The van der Waals surface area contributed by atoms with Crippen LogP contribution < -0.4 is 10.1 Å². The average molecular weight is 412 g/mol. The second-order valence-electron chi connectivity index (χ2n) is 7.67. The zero-order valence-electron chi connectivity index (χ0n) is 17.2. The number of methoxy groups -OCH3 is 1. The minimum absolute atomic E-state index is 0.306. The molecule has 1 N–H and O–H groups in total. The van der Waals surface area contributed by atoms with Gasteiger partial charge in [-0.2, -0.15) is 5.10 Å². The number of nitrogens with zero attached hydrogens (tertiary/aromatic N) is 3. The van der Waals surface area contributed by atoms with E-state index in [1.165, 1.54) is 19.2 Å². The minimum Gasteiger partial charge on any atom is -0.496 e. The molecule has 1 aliphatic rings. The van der Waals surface area contributed by atoms with Gasteiger partial charge < -0.3 is 14.6 Å². The summed E-state index contributed by atoms with van der Waals surface area (Å²) in [7, 11) is 1.54. The maximum atomic E-state index is 13.6. The van der Waals surface area contributed by atoms with Crippen LogP contribution in [0.2, 0.25) is 0 Å². The van der Waals surface area contributed by atoms with Crippen molar-refractivity contribution < 1.29 is 18.4 Å². The summed E-state index contributed by atoms with van der Waals surface area (Å²) in [6.07, 6.45) is 8.24. The van der Waals surface area contributed by atoms with Crippen molar-refractivity contribution in [2.75, 3.05) is 12.4 Å². The van der Waals surface area contributed by atoms with Gasteiger partial charge in [-0.3, -0.25) is 9.48 Å². The molecule has 0 radical (unpaired) electrons. The smallest absolute Gasteiger partial charge is 0.278 e. The van der Waals surface area contributed by atoms with Gasteiger partial charge in [0.2, 0.25) is 0 Å². The molecule has 7 nitrogen and oxygen atoms in total. The highest BCUT2D eigenvalue weighted by Crippen LogP contribution is 2.31. The number of rotatable bonds is 7. The monoisotopic (exact) mass is 412 g/mol. The van der Waals surface area contributed by atoms with Gasteiger partial charge in [-0.05, 0) is 37.0 Å². The number of hydrogen-bond donors (Lipinski definition) is 1. The Morgan fingerprint density at radius 3 is 3.10 bits per heavy atom. The molecule has 1 aliphatic carbocycles. The van der Waals surface area contributed by atoms with Crippen LogP contribution >= 0.6 is 0 Å². The Labute approximate surface area is 174 Å². The quantitative estimate of drug-likeness (QED) is 0.628. The first-order valence-electron chi connectivity index (χ1n) is 10.2. The maximum Gasteiger partial charge on any atom is 0.278 e. The summed E-state index contributed by atoms with van der Waals surface area (Å²) < 4.78 is 25.9. The molecule has 2 aromatic heterocycles. The third-order valence-electron chi connectivity index (χ3n) is 5.52.